The number of nitrogens with zero attached hydrogens (tertiary/aromatic N) is 2. The molecule has 0 N–H and O–H groups in total. The molecule has 1 aliphatic rings. The fourth-order valence-electron chi connectivity index (χ4n) is 5.57. The van der Waals surface area contributed by atoms with Gasteiger partial charge in [-0.25, -0.2) is 0 Å². The summed E-state index contributed by atoms with van der Waals surface area (Å²) >= 11 is 0. The molecule has 5 aromatic rings. The van der Waals surface area contributed by atoms with Crippen molar-refractivity contribution < 1.29 is 4.79 Å². The summed E-state index contributed by atoms with van der Waals surface area (Å²) in [6.45, 7) is 2.14. The summed E-state index contributed by atoms with van der Waals surface area (Å²) < 4.78 is 2.27. The van der Waals surface area contributed by atoms with Crippen molar-refractivity contribution in [2.75, 3.05) is 0 Å². The quantitative estimate of drug-likeness (QED) is 0.290. The molecular formula is C31H26N2O. The molecule has 6 rings (SSSR count). The minimum Gasteiger partial charge on any atom is -0.343 e. The Kier molecular flexibility index (Phi) is 4.84. The number of hydrogen-bond donors (Lipinski definition) is 0. The van der Waals surface area contributed by atoms with Crippen molar-refractivity contribution in [3.8, 4) is 11.3 Å². The minimum atomic E-state index is -0.180. The lowest BCUT2D eigenvalue weighted by molar-refractivity contribution is 0.0678. The molecule has 2 unspecified atom stereocenters. The number of rotatable bonds is 4. The Morgan fingerprint density at radius 2 is 1.35 bits per heavy atom. The standard InChI is InChI=1S/C31H26N2O/c1-21(22-13-5-3-6-14-22)33-30(24-17-9-10-18-25(24)31(33)34)28-26-19-11-12-20-27(26)32(2)29(28)23-15-7-4-8-16-23/h3-21,30H,1-2H3. The molecule has 0 spiro atoms. The topological polar surface area (TPSA) is 25.2 Å². The zero-order valence-corrected chi connectivity index (χ0v) is 19.3. The van der Waals surface area contributed by atoms with Crippen LogP contribution in [0.1, 0.15) is 46.1 Å². The molecule has 0 saturated carbocycles. The molecule has 0 bridgehead atoms. The number of fused-ring (bicyclic) bond motifs is 2. The average molecular weight is 443 g/mol. The van der Waals surface area contributed by atoms with Crippen molar-refractivity contribution in [1.82, 2.24) is 9.47 Å². The van der Waals surface area contributed by atoms with E-state index < -0.39 is 0 Å². The van der Waals surface area contributed by atoms with Gasteiger partial charge in [-0.05, 0) is 35.7 Å². The van der Waals surface area contributed by atoms with Crippen molar-refractivity contribution in [2.45, 2.75) is 19.0 Å². The molecule has 1 aromatic heterocycles. The van der Waals surface area contributed by atoms with Crippen LogP contribution in [-0.2, 0) is 7.05 Å². The van der Waals surface area contributed by atoms with Crippen LogP contribution in [0.3, 0.4) is 0 Å². The third-order valence-corrected chi connectivity index (χ3v) is 7.16. The van der Waals surface area contributed by atoms with Crippen LogP contribution < -0.4 is 0 Å². The number of para-hydroxylation sites is 1. The number of aryl methyl sites for hydroxylation is 1. The molecule has 166 valence electrons. The van der Waals surface area contributed by atoms with Gasteiger partial charge in [0.05, 0.1) is 17.8 Å². The van der Waals surface area contributed by atoms with Crippen molar-refractivity contribution >= 4 is 16.8 Å². The highest BCUT2D eigenvalue weighted by Gasteiger charge is 2.43. The van der Waals surface area contributed by atoms with E-state index in [2.05, 4.69) is 90.2 Å². The Morgan fingerprint density at radius 3 is 2.12 bits per heavy atom. The van der Waals surface area contributed by atoms with E-state index in [1.807, 2.05) is 42.5 Å². The van der Waals surface area contributed by atoms with E-state index in [4.69, 9.17) is 0 Å². The van der Waals surface area contributed by atoms with Crippen molar-refractivity contribution in [1.29, 1.82) is 0 Å². The molecule has 4 aromatic carbocycles. The number of aromatic nitrogens is 1. The van der Waals surface area contributed by atoms with E-state index in [0.29, 0.717) is 0 Å². The number of benzene rings is 4. The predicted molar refractivity (Wildman–Crippen MR) is 138 cm³/mol. The van der Waals surface area contributed by atoms with Crippen molar-refractivity contribution in [2.24, 2.45) is 7.05 Å². The van der Waals surface area contributed by atoms with Crippen LogP contribution in [0.15, 0.2) is 109 Å². The third kappa shape index (κ3) is 3.01. The fraction of sp³-hybridized carbons (Fsp3) is 0.129. The van der Waals surface area contributed by atoms with Crippen LogP contribution in [0.2, 0.25) is 0 Å². The normalized spacial score (nSPS) is 16.1. The Bertz CT molecular complexity index is 1500. The van der Waals surface area contributed by atoms with E-state index in [9.17, 15) is 4.79 Å². The lowest BCUT2D eigenvalue weighted by Gasteiger charge is -2.32. The Morgan fingerprint density at radius 1 is 0.735 bits per heavy atom. The zero-order valence-electron chi connectivity index (χ0n) is 19.3. The lowest BCUT2D eigenvalue weighted by atomic mass is 9.92. The maximum Gasteiger partial charge on any atom is 0.255 e. The second kappa shape index (κ2) is 8.03. The van der Waals surface area contributed by atoms with Gasteiger partial charge >= 0.3 is 0 Å². The number of amides is 1. The van der Waals surface area contributed by atoms with Crippen molar-refractivity contribution in [3.05, 3.63) is 131 Å². The highest BCUT2D eigenvalue weighted by atomic mass is 16.2. The molecule has 0 radical (unpaired) electrons. The van der Waals surface area contributed by atoms with Gasteiger partial charge < -0.3 is 9.47 Å². The number of hydrogen-bond acceptors (Lipinski definition) is 1. The van der Waals surface area contributed by atoms with Crippen LogP contribution in [0.25, 0.3) is 22.2 Å². The predicted octanol–water partition coefficient (Wildman–Crippen LogP) is 7.15. The van der Waals surface area contributed by atoms with Gasteiger partial charge in [-0.15, -0.1) is 0 Å². The van der Waals surface area contributed by atoms with E-state index >= 15 is 0 Å². The molecule has 1 amide bonds. The van der Waals surface area contributed by atoms with Gasteiger partial charge in [0.2, 0.25) is 0 Å². The summed E-state index contributed by atoms with van der Waals surface area (Å²) in [6, 6.07) is 37.2. The molecule has 2 atom stereocenters. The first-order valence-electron chi connectivity index (χ1n) is 11.8. The summed E-state index contributed by atoms with van der Waals surface area (Å²) in [5.41, 5.74) is 7.66. The molecule has 3 nitrogen and oxygen atoms in total. The van der Waals surface area contributed by atoms with Crippen LogP contribution in [-0.4, -0.2) is 15.4 Å². The van der Waals surface area contributed by atoms with Crippen molar-refractivity contribution in [3.63, 3.8) is 0 Å². The van der Waals surface area contributed by atoms with Crippen LogP contribution >= 0.6 is 0 Å². The summed E-state index contributed by atoms with van der Waals surface area (Å²) in [7, 11) is 2.13. The molecule has 34 heavy (non-hydrogen) atoms. The van der Waals surface area contributed by atoms with Gasteiger partial charge in [0.25, 0.3) is 5.91 Å². The molecule has 0 aliphatic carbocycles. The van der Waals surface area contributed by atoms with Crippen LogP contribution in [0, 0.1) is 0 Å². The second-order valence-electron chi connectivity index (χ2n) is 8.99. The van der Waals surface area contributed by atoms with Gasteiger partial charge in [-0.1, -0.05) is 97.1 Å². The number of carbonyl (C=O) groups excluding carboxylic acids is 1. The second-order valence-corrected chi connectivity index (χ2v) is 8.99. The highest BCUT2D eigenvalue weighted by Crippen LogP contribution is 2.49. The van der Waals surface area contributed by atoms with Gasteiger partial charge in [-0.2, -0.15) is 0 Å². The first-order valence-corrected chi connectivity index (χ1v) is 11.8. The molecular weight excluding hydrogens is 416 g/mol. The maximum atomic E-state index is 13.9. The van der Waals surface area contributed by atoms with E-state index in [1.165, 1.54) is 16.5 Å². The van der Waals surface area contributed by atoms with Gasteiger partial charge in [0.15, 0.2) is 0 Å². The Balaban J connectivity index is 1.66. The maximum absolute atomic E-state index is 13.9. The zero-order chi connectivity index (χ0) is 23.2. The highest BCUT2D eigenvalue weighted by molar-refractivity contribution is 6.02. The molecule has 0 fully saturated rings. The molecule has 2 heterocycles. The average Bonchev–Trinajstić information content (AvgIpc) is 3.35. The number of carbonyl (C=O) groups is 1. The summed E-state index contributed by atoms with van der Waals surface area (Å²) in [6.07, 6.45) is 0. The first-order chi connectivity index (χ1) is 16.7. The van der Waals surface area contributed by atoms with E-state index in [-0.39, 0.29) is 18.0 Å². The van der Waals surface area contributed by atoms with Gasteiger partial charge in [0, 0.05) is 29.1 Å². The first kappa shape index (κ1) is 20.5. The Labute approximate surface area is 199 Å². The largest absolute Gasteiger partial charge is 0.343 e. The molecule has 3 heteroatoms. The van der Waals surface area contributed by atoms with Crippen LogP contribution in [0.5, 0.6) is 0 Å². The lowest BCUT2D eigenvalue weighted by Crippen LogP contribution is -2.31. The molecule has 1 aliphatic heterocycles. The van der Waals surface area contributed by atoms with Gasteiger partial charge in [-0.3, -0.25) is 4.79 Å². The Hall–Kier alpha value is -4.11. The van der Waals surface area contributed by atoms with E-state index in [0.717, 1.165) is 27.9 Å². The summed E-state index contributed by atoms with van der Waals surface area (Å²) in [4.78, 5) is 16.0. The SMILES string of the molecule is CC(c1ccccc1)N1C(=O)c2ccccc2C1c1c(-c2ccccc2)n(C)c2ccccc12. The third-order valence-electron chi connectivity index (χ3n) is 7.16. The fourth-order valence-corrected chi connectivity index (χ4v) is 5.57. The monoisotopic (exact) mass is 442 g/mol. The molecule has 0 saturated heterocycles. The minimum absolute atomic E-state index is 0.0753. The van der Waals surface area contributed by atoms with E-state index in [1.54, 1.807) is 0 Å². The summed E-state index contributed by atoms with van der Waals surface area (Å²) in [5.74, 6) is 0.0869. The van der Waals surface area contributed by atoms with Gasteiger partial charge in [0.1, 0.15) is 0 Å². The summed E-state index contributed by atoms with van der Waals surface area (Å²) in [5, 5.41) is 1.18. The van der Waals surface area contributed by atoms with Crippen LogP contribution in [0.4, 0.5) is 0 Å². The smallest absolute Gasteiger partial charge is 0.255 e.